The number of carbonyl (C=O) groups excluding carboxylic acids is 1. The zero-order chi connectivity index (χ0) is 12.8. The van der Waals surface area contributed by atoms with Crippen LogP contribution in [-0.4, -0.2) is 25.1 Å². The highest BCUT2D eigenvalue weighted by molar-refractivity contribution is 5.98. The topological polar surface area (TPSA) is 35.5 Å². The number of benzene rings is 1. The lowest BCUT2D eigenvalue weighted by atomic mass is 10.1. The van der Waals surface area contributed by atoms with Crippen molar-refractivity contribution in [3.05, 3.63) is 29.8 Å². The van der Waals surface area contributed by atoms with Gasteiger partial charge in [0.25, 0.3) is 0 Å². The standard InChI is InChI=1S/C15H20O3/c1-2-14(16)13-8-3-4-9-15(13)18-11-12-7-5-6-10-17-12/h3-4,8-9,12H,2,5-7,10-11H2,1H3. The molecule has 0 bridgehead atoms. The Kier molecular flexibility index (Phi) is 4.76. The predicted molar refractivity (Wildman–Crippen MR) is 70.1 cm³/mol. The van der Waals surface area contributed by atoms with E-state index in [1.54, 1.807) is 0 Å². The molecule has 1 aromatic rings. The monoisotopic (exact) mass is 248 g/mol. The number of hydrogen-bond acceptors (Lipinski definition) is 3. The number of hydrogen-bond donors (Lipinski definition) is 0. The third-order valence-corrected chi connectivity index (χ3v) is 3.21. The molecule has 3 nitrogen and oxygen atoms in total. The molecule has 1 fully saturated rings. The lowest BCUT2D eigenvalue weighted by Crippen LogP contribution is -2.26. The fourth-order valence-electron chi connectivity index (χ4n) is 2.13. The molecule has 0 amide bonds. The highest BCUT2D eigenvalue weighted by Crippen LogP contribution is 2.21. The van der Waals surface area contributed by atoms with E-state index < -0.39 is 0 Å². The van der Waals surface area contributed by atoms with E-state index in [-0.39, 0.29) is 11.9 Å². The van der Waals surface area contributed by atoms with Gasteiger partial charge >= 0.3 is 0 Å². The maximum atomic E-state index is 11.8. The molecule has 0 radical (unpaired) electrons. The van der Waals surface area contributed by atoms with Gasteiger partial charge in [-0.05, 0) is 31.4 Å². The molecule has 0 saturated carbocycles. The zero-order valence-electron chi connectivity index (χ0n) is 10.9. The molecule has 1 heterocycles. The summed E-state index contributed by atoms with van der Waals surface area (Å²) >= 11 is 0. The van der Waals surface area contributed by atoms with Crippen molar-refractivity contribution in [3.8, 4) is 5.75 Å². The molecule has 3 heteroatoms. The largest absolute Gasteiger partial charge is 0.490 e. The molecule has 1 saturated heterocycles. The summed E-state index contributed by atoms with van der Waals surface area (Å²) in [5.41, 5.74) is 0.677. The molecule has 1 aliphatic heterocycles. The first kappa shape index (κ1) is 13.1. The molecule has 2 rings (SSSR count). The minimum Gasteiger partial charge on any atom is -0.490 e. The van der Waals surface area contributed by atoms with Crippen molar-refractivity contribution in [2.24, 2.45) is 0 Å². The van der Waals surface area contributed by atoms with Gasteiger partial charge in [0.15, 0.2) is 5.78 Å². The molecule has 1 aliphatic rings. The fraction of sp³-hybridized carbons (Fsp3) is 0.533. The minimum atomic E-state index is 0.121. The van der Waals surface area contributed by atoms with E-state index in [1.807, 2.05) is 31.2 Å². The van der Waals surface area contributed by atoms with Crippen LogP contribution in [0.4, 0.5) is 0 Å². The van der Waals surface area contributed by atoms with Crippen LogP contribution in [0.3, 0.4) is 0 Å². The quantitative estimate of drug-likeness (QED) is 0.750. The molecular formula is C15H20O3. The van der Waals surface area contributed by atoms with E-state index in [9.17, 15) is 4.79 Å². The maximum absolute atomic E-state index is 11.8. The van der Waals surface area contributed by atoms with Crippen molar-refractivity contribution < 1.29 is 14.3 Å². The Balaban J connectivity index is 1.97. The second-order valence-corrected chi connectivity index (χ2v) is 4.57. The molecule has 0 N–H and O–H groups in total. The molecular weight excluding hydrogens is 228 g/mol. The molecule has 18 heavy (non-hydrogen) atoms. The van der Waals surface area contributed by atoms with Crippen molar-refractivity contribution in [1.29, 1.82) is 0 Å². The van der Waals surface area contributed by atoms with Crippen molar-refractivity contribution in [3.63, 3.8) is 0 Å². The Labute approximate surface area is 108 Å². The summed E-state index contributed by atoms with van der Waals surface area (Å²) in [6.07, 6.45) is 4.05. The smallest absolute Gasteiger partial charge is 0.166 e. The van der Waals surface area contributed by atoms with Crippen LogP contribution in [0.25, 0.3) is 0 Å². The highest BCUT2D eigenvalue weighted by atomic mass is 16.5. The third kappa shape index (κ3) is 3.33. The van der Waals surface area contributed by atoms with Crippen LogP contribution < -0.4 is 4.74 Å². The molecule has 0 spiro atoms. The van der Waals surface area contributed by atoms with Crippen LogP contribution in [0.1, 0.15) is 43.0 Å². The van der Waals surface area contributed by atoms with Crippen LogP contribution in [-0.2, 0) is 4.74 Å². The first-order chi connectivity index (χ1) is 8.81. The summed E-state index contributed by atoms with van der Waals surface area (Å²) in [5.74, 6) is 0.800. The Morgan fingerprint density at radius 3 is 2.94 bits per heavy atom. The van der Waals surface area contributed by atoms with Crippen molar-refractivity contribution in [2.45, 2.75) is 38.7 Å². The van der Waals surface area contributed by atoms with Crippen LogP contribution in [0, 0.1) is 0 Å². The number of para-hydroxylation sites is 1. The summed E-state index contributed by atoms with van der Waals surface area (Å²) in [7, 11) is 0. The van der Waals surface area contributed by atoms with Gasteiger partial charge in [0.05, 0.1) is 11.7 Å². The Hall–Kier alpha value is -1.35. The number of ether oxygens (including phenoxy) is 2. The third-order valence-electron chi connectivity index (χ3n) is 3.21. The highest BCUT2D eigenvalue weighted by Gasteiger charge is 2.16. The second kappa shape index (κ2) is 6.55. The molecule has 98 valence electrons. The van der Waals surface area contributed by atoms with Crippen molar-refractivity contribution >= 4 is 5.78 Å². The SMILES string of the molecule is CCC(=O)c1ccccc1OCC1CCCCO1. The molecule has 0 aliphatic carbocycles. The first-order valence-corrected chi connectivity index (χ1v) is 6.68. The van der Waals surface area contributed by atoms with Crippen LogP contribution >= 0.6 is 0 Å². The Bertz CT molecular complexity index is 394. The predicted octanol–water partition coefficient (Wildman–Crippen LogP) is 3.23. The van der Waals surface area contributed by atoms with E-state index >= 15 is 0 Å². The van der Waals surface area contributed by atoms with Crippen LogP contribution in [0.5, 0.6) is 5.75 Å². The first-order valence-electron chi connectivity index (χ1n) is 6.68. The van der Waals surface area contributed by atoms with E-state index in [0.717, 1.165) is 19.4 Å². The number of carbonyl (C=O) groups is 1. The summed E-state index contributed by atoms with van der Waals surface area (Å²) < 4.78 is 11.4. The van der Waals surface area contributed by atoms with Gasteiger partial charge in [0.1, 0.15) is 12.4 Å². The fourth-order valence-corrected chi connectivity index (χ4v) is 2.13. The number of Topliss-reactive ketones (excluding diaryl/α,β-unsaturated/α-hetero) is 1. The Morgan fingerprint density at radius 1 is 1.39 bits per heavy atom. The van der Waals surface area contributed by atoms with Gasteiger partial charge in [-0.2, -0.15) is 0 Å². The summed E-state index contributed by atoms with van der Waals surface area (Å²) in [4.78, 5) is 11.8. The molecule has 0 aromatic heterocycles. The van der Waals surface area contributed by atoms with Gasteiger partial charge in [0, 0.05) is 13.0 Å². The van der Waals surface area contributed by atoms with Gasteiger partial charge in [-0.3, -0.25) is 4.79 Å². The minimum absolute atomic E-state index is 0.121. The van der Waals surface area contributed by atoms with E-state index in [4.69, 9.17) is 9.47 Å². The van der Waals surface area contributed by atoms with Crippen molar-refractivity contribution in [1.82, 2.24) is 0 Å². The second-order valence-electron chi connectivity index (χ2n) is 4.57. The number of rotatable bonds is 5. The van der Waals surface area contributed by atoms with E-state index in [1.165, 1.54) is 6.42 Å². The van der Waals surface area contributed by atoms with Gasteiger partial charge in [-0.25, -0.2) is 0 Å². The van der Waals surface area contributed by atoms with Gasteiger partial charge in [0.2, 0.25) is 0 Å². The maximum Gasteiger partial charge on any atom is 0.166 e. The van der Waals surface area contributed by atoms with Gasteiger partial charge in [-0.15, -0.1) is 0 Å². The lowest BCUT2D eigenvalue weighted by Gasteiger charge is -2.23. The average molecular weight is 248 g/mol. The zero-order valence-corrected chi connectivity index (χ0v) is 10.9. The lowest BCUT2D eigenvalue weighted by molar-refractivity contribution is -0.0112. The molecule has 1 aromatic carbocycles. The molecule has 1 unspecified atom stereocenters. The van der Waals surface area contributed by atoms with Crippen LogP contribution in [0.15, 0.2) is 24.3 Å². The van der Waals surface area contributed by atoms with Gasteiger partial charge < -0.3 is 9.47 Å². The van der Waals surface area contributed by atoms with E-state index in [0.29, 0.717) is 24.3 Å². The van der Waals surface area contributed by atoms with Gasteiger partial charge in [-0.1, -0.05) is 19.1 Å². The number of ketones is 1. The summed E-state index contributed by atoms with van der Waals surface area (Å²) in [6.45, 7) is 3.22. The average Bonchev–Trinajstić information content (AvgIpc) is 2.45. The summed E-state index contributed by atoms with van der Waals surface area (Å²) in [6, 6.07) is 7.44. The normalized spacial score (nSPS) is 19.5. The van der Waals surface area contributed by atoms with Crippen molar-refractivity contribution in [2.75, 3.05) is 13.2 Å². The van der Waals surface area contributed by atoms with Crippen LogP contribution in [0.2, 0.25) is 0 Å². The Morgan fingerprint density at radius 2 is 2.22 bits per heavy atom. The molecule has 1 atom stereocenters. The summed E-state index contributed by atoms with van der Waals surface area (Å²) in [5, 5.41) is 0. The van der Waals surface area contributed by atoms with E-state index in [2.05, 4.69) is 0 Å².